The van der Waals surface area contributed by atoms with Crippen LogP contribution in [0.1, 0.15) is 17.0 Å². The highest BCUT2D eigenvalue weighted by Gasteiger charge is 2.26. The van der Waals surface area contributed by atoms with Gasteiger partial charge in [-0.15, -0.1) is 0 Å². The minimum atomic E-state index is -0.777. The third-order valence-corrected chi connectivity index (χ3v) is 3.60. The lowest BCUT2D eigenvalue weighted by molar-refractivity contribution is -0.117. The number of hydrogen-bond acceptors (Lipinski definition) is 2. The first-order valence-corrected chi connectivity index (χ1v) is 6.69. The second-order valence-corrected chi connectivity index (χ2v) is 5.00. The van der Waals surface area contributed by atoms with Gasteiger partial charge in [-0.3, -0.25) is 4.79 Å². The first kappa shape index (κ1) is 13.7. The topological polar surface area (TPSA) is 41.1 Å². The molecule has 1 amide bonds. The van der Waals surface area contributed by atoms with Crippen molar-refractivity contribution in [2.24, 2.45) is 0 Å². The number of hydrogen-bond donors (Lipinski definition) is 2. The number of halogens is 2. The summed E-state index contributed by atoms with van der Waals surface area (Å²) in [6.07, 6.45) is 0. The molecule has 1 heterocycles. The Balaban J connectivity index is 1.83. The lowest BCUT2D eigenvalue weighted by Gasteiger charge is -2.25. The lowest BCUT2D eigenvalue weighted by atomic mass is 9.90. The van der Waals surface area contributed by atoms with E-state index in [1.807, 2.05) is 24.3 Å². The Morgan fingerprint density at radius 1 is 1.19 bits per heavy atom. The minimum absolute atomic E-state index is 0.00976. The van der Waals surface area contributed by atoms with Crippen LogP contribution in [0, 0.1) is 11.6 Å². The van der Waals surface area contributed by atoms with E-state index >= 15 is 0 Å². The van der Waals surface area contributed by atoms with Gasteiger partial charge in [0.05, 0.1) is 11.6 Å². The van der Waals surface area contributed by atoms with Gasteiger partial charge in [0.25, 0.3) is 0 Å². The molecule has 0 aliphatic carbocycles. The fraction of sp³-hybridized carbons (Fsp3) is 0.188. The molecule has 1 unspecified atom stereocenters. The molecule has 0 spiro atoms. The third kappa shape index (κ3) is 2.78. The summed E-state index contributed by atoms with van der Waals surface area (Å²) in [5.41, 5.74) is 1.99. The SMILES string of the molecule is O=C(Nc1ccc(F)cc1F)C1CNCc2ccccc21. The molecule has 2 aromatic rings. The fourth-order valence-electron chi connectivity index (χ4n) is 2.54. The zero-order chi connectivity index (χ0) is 14.8. The Bertz CT molecular complexity index is 688. The van der Waals surface area contributed by atoms with Gasteiger partial charge in [0, 0.05) is 19.2 Å². The molecular formula is C16H14F2N2O. The molecule has 1 aliphatic heterocycles. The highest BCUT2D eigenvalue weighted by molar-refractivity contribution is 5.96. The number of fused-ring (bicyclic) bond motifs is 1. The molecule has 3 rings (SSSR count). The molecule has 0 fully saturated rings. The molecule has 21 heavy (non-hydrogen) atoms. The second kappa shape index (κ2) is 5.61. The smallest absolute Gasteiger partial charge is 0.233 e. The molecule has 0 bridgehead atoms. The van der Waals surface area contributed by atoms with Crippen molar-refractivity contribution < 1.29 is 13.6 Å². The number of anilines is 1. The number of nitrogens with one attached hydrogen (secondary N) is 2. The molecule has 3 nitrogen and oxygen atoms in total. The van der Waals surface area contributed by atoms with Crippen LogP contribution in [0.15, 0.2) is 42.5 Å². The summed E-state index contributed by atoms with van der Waals surface area (Å²) in [5, 5.41) is 5.69. The maximum atomic E-state index is 13.6. The van der Waals surface area contributed by atoms with E-state index in [2.05, 4.69) is 10.6 Å². The maximum Gasteiger partial charge on any atom is 0.233 e. The monoisotopic (exact) mass is 288 g/mol. The molecule has 0 saturated heterocycles. The summed E-state index contributed by atoms with van der Waals surface area (Å²) in [4.78, 5) is 12.4. The van der Waals surface area contributed by atoms with Gasteiger partial charge < -0.3 is 10.6 Å². The average molecular weight is 288 g/mol. The van der Waals surface area contributed by atoms with Crippen molar-refractivity contribution in [1.82, 2.24) is 5.32 Å². The summed E-state index contributed by atoms with van der Waals surface area (Å²) >= 11 is 0. The summed E-state index contributed by atoms with van der Waals surface area (Å²) in [6.45, 7) is 1.20. The lowest BCUT2D eigenvalue weighted by Crippen LogP contribution is -2.35. The van der Waals surface area contributed by atoms with E-state index in [1.54, 1.807) is 0 Å². The standard InChI is InChI=1S/C16H14F2N2O/c17-11-5-6-15(14(18)7-11)20-16(21)13-9-19-8-10-3-1-2-4-12(10)13/h1-7,13,19H,8-9H2,(H,20,21). The van der Waals surface area contributed by atoms with Gasteiger partial charge in [-0.2, -0.15) is 0 Å². The van der Waals surface area contributed by atoms with Crippen LogP contribution in [0.5, 0.6) is 0 Å². The summed E-state index contributed by atoms with van der Waals surface area (Å²) in [5.74, 6) is -2.14. The number of amides is 1. The van der Waals surface area contributed by atoms with E-state index in [4.69, 9.17) is 0 Å². The van der Waals surface area contributed by atoms with Gasteiger partial charge in [0.1, 0.15) is 11.6 Å². The van der Waals surface area contributed by atoms with Crippen LogP contribution in [0.25, 0.3) is 0 Å². The largest absolute Gasteiger partial charge is 0.323 e. The van der Waals surface area contributed by atoms with Crippen LogP contribution >= 0.6 is 0 Å². The molecular weight excluding hydrogens is 274 g/mol. The van der Waals surface area contributed by atoms with Crippen LogP contribution in [-0.2, 0) is 11.3 Å². The highest BCUT2D eigenvalue weighted by Crippen LogP contribution is 2.25. The van der Waals surface area contributed by atoms with Crippen molar-refractivity contribution in [3.8, 4) is 0 Å². The number of rotatable bonds is 2. The highest BCUT2D eigenvalue weighted by atomic mass is 19.1. The molecule has 1 aliphatic rings. The predicted molar refractivity (Wildman–Crippen MR) is 75.9 cm³/mol. The van der Waals surface area contributed by atoms with Gasteiger partial charge in [0.2, 0.25) is 5.91 Å². The second-order valence-electron chi connectivity index (χ2n) is 5.00. The van der Waals surface area contributed by atoms with Crippen LogP contribution in [0.4, 0.5) is 14.5 Å². The molecule has 108 valence electrons. The van der Waals surface area contributed by atoms with E-state index in [0.29, 0.717) is 13.1 Å². The zero-order valence-corrected chi connectivity index (χ0v) is 11.2. The predicted octanol–water partition coefficient (Wildman–Crippen LogP) is 2.79. The first-order valence-electron chi connectivity index (χ1n) is 6.69. The summed E-state index contributed by atoms with van der Waals surface area (Å²) in [6, 6.07) is 10.8. The Labute approximate surface area is 121 Å². The molecule has 0 radical (unpaired) electrons. The van der Waals surface area contributed by atoms with Crippen molar-refractivity contribution in [2.75, 3.05) is 11.9 Å². The summed E-state index contributed by atoms with van der Waals surface area (Å²) < 4.78 is 26.5. The van der Waals surface area contributed by atoms with Crippen LogP contribution < -0.4 is 10.6 Å². The van der Waals surface area contributed by atoms with Crippen molar-refractivity contribution in [2.45, 2.75) is 12.5 Å². The maximum absolute atomic E-state index is 13.6. The van der Waals surface area contributed by atoms with Crippen LogP contribution in [0.2, 0.25) is 0 Å². The van der Waals surface area contributed by atoms with Crippen molar-refractivity contribution in [3.05, 3.63) is 65.2 Å². The van der Waals surface area contributed by atoms with Crippen molar-refractivity contribution in [3.63, 3.8) is 0 Å². The van der Waals surface area contributed by atoms with E-state index in [0.717, 1.165) is 23.3 Å². The molecule has 5 heteroatoms. The summed E-state index contributed by atoms with van der Waals surface area (Å²) in [7, 11) is 0. The number of benzene rings is 2. The zero-order valence-electron chi connectivity index (χ0n) is 11.2. The fourth-order valence-corrected chi connectivity index (χ4v) is 2.54. The van der Waals surface area contributed by atoms with Gasteiger partial charge in [-0.25, -0.2) is 8.78 Å². The first-order chi connectivity index (χ1) is 10.1. The van der Waals surface area contributed by atoms with Crippen LogP contribution in [0.3, 0.4) is 0 Å². The Hall–Kier alpha value is -2.27. The van der Waals surface area contributed by atoms with Gasteiger partial charge in [-0.1, -0.05) is 24.3 Å². The Kier molecular flexibility index (Phi) is 3.66. The molecule has 0 aromatic heterocycles. The molecule has 2 aromatic carbocycles. The molecule has 2 N–H and O–H groups in total. The Morgan fingerprint density at radius 3 is 2.81 bits per heavy atom. The van der Waals surface area contributed by atoms with Gasteiger partial charge in [-0.05, 0) is 23.3 Å². The van der Waals surface area contributed by atoms with E-state index in [1.165, 1.54) is 6.07 Å². The van der Waals surface area contributed by atoms with Crippen molar-refractivity contribution in [1.29, 1.82) is 0 Å². The Morgan fingerprint density at radius 2 is 2.00 bits per heavy atom. The van der Waals surface area contributed by atoms with Crippen LogP contribution in [-0.4, -0.2) is 12.5 Å². The number of carbonyl (C=O) groups excluding carboxylic acids is 1. The van der Waals surface area contributed by atoms with Crippen molar-refractivity contribution >= 4 is 11.6 Å². The minimum Gasteiger partial charge on any atom is -0.323 e. The quantitative estimate of drug-likeness (QED) is 0.892. The van der Waals surface area contributed by atoms with E-state index in [9.17, 15) is 13.6 Å². The van der Waals surface area contributed by atoms with Gasteiger partial charge in [0.15, 0.2) is 0 Å². The average Bonchev–Trinajstić information content (AvgIpc) is 2.49. The van der Waals surface area contributed by atoms with Gasteiger partial charge >= 0.3 is 0 Å². The molecule has 0 saturated carbocycles. The van der Waals surface area contributed by atoms with E-state index < -0.39 is 11.6 Å². The normalized spacial score (nSPS) is 17.1. The number of carbonyl (C=O) groups is 1. The van der Waals surface area contributed by atoms with E-state index in [-0.39, 0.29) is 17.5 Å². The third-order valence-electron chi connectivity index (χ3n) is 3.60. The molecule has 1 atom stereocenters.